The third kappa shape index (κ3) is 1.66. The van der Waals surface area contributed by atoms with Crippen LogP contribution >= 0.6 is 11.3 Å². The zero-order valence-corrected chi connectivity index (χ0v) is 9.28. The number of hydrogen-bond acceptors (Lipinski definition) is 3. The molecular weight excluding hydrogens is 218 g/mol. The van der Waals surface area contributed by atoms with Gasteiger partial charge in [0, 0.05) is 10.9 Å². The van der Waals surface area contributed by atoms with Crippen molar-refractivity contribution in [3.8, 4) is 22.0 Å². The molecule has 0 radical (unpaired) electrons. The average Bonchev–Trinajstić information content (AvgIpc) is 3.01. The van der Waals surface area contributed by atoms with Gasteiger partial charge in [-0.25, -0.2) is 4.98 Å². The van der Waals surface area contributed by atoms with Gasteiger partial charge in [-0.2, -0.15) is 0 Å². The minimum Gasteiger partial charge on any atom is -0.462 e. The maximum absolute atomic E-state index is 5.32. The van der Waals surface area contributed by atoms with Crippen LogP contribution in [-0.2, 0) is 0 Å². The molecule has 2 heterocycles. The van der Waals surface area contributed by atoms with Gasteiger partial charge in [-0.3, -0.25) is 0 Å². The van der Waals surface area contributed by atoms with E-state index < -0.39 is 0 Å². The van der Waals surface area contributed by atoms with E-state index in [1.54, 1.807) is 17.6 Å². The third-order valence-electron chi connectivity index (χ3n) is 2.31. The van der Waals surface area contributed by atoms with E-state index in [-0.39, 0.29) is 0 Å². The third-order valence-corrected chi connectivity index (χ3v) is 3.16. The van der Waals surface area contributed by atoms with Crippen molar-refractivity contribution >= 4 is 11.3 Å². The summed E-state index contributed by atoms with van der Waals surface area (Å²) in [6, 6.07) is 13.9. The van der Waals surface area contributed by atoms with Crippen LogP contribution in [0, 0.1) is 0 Å². The first kappa shape index (κ1) is 9.36. The van der Waals surface area contributed by atoms with Crippen LogP contribution in [0.5, 0.6) is 0 Å². The molecule has 3 heteroatoms. The van der Waals surface area contributed by atoms with Gasteiger partial charge in [-0.05, 0) is 12.1 Å². The highest BCUT2D eigenvalue weighted by molar-refractivity contribution is 7.13. The number of nitrogens with zero attached hydrogens (tertiary/aromatic N) is 1. The molecule has 2 nitrogen and oxygen atoms in total. The Morgan fingerprint density at radius 2 is 1.88 bits per heavy atom. The molecule has 0 atom stereocenters. The van der Waals surface area contributed by atoms with E-state index in [0.29, 0.717) is 0 Å². The average molecular weight is 227 g/mol. The molecule has 0 bridgehead atoms. The molecule has 0 amide bonds. The highest BCUT2D eigenvalue weighted by Gasteiger charge is 2.07. The van der Waals surface area contributed by atoms with Crippen molar-refractivity contribution < 1.29 is 4.42 Å². The fraction of sp³-hybridized carbons (Fsp3) is 0. The minimum absolute atomic E-state index is 0.826. The van der Waals surface area contributed by atoms with E-state index in [1.807, 2.05) is 35.7 Å². The lowest BCUT2D eigenvalue weighted by Gasteiger charge is -1.93. The van der Waals surface area contributed by atoms with Gasteiger partial charge < -0.3 is 4.42 Å². The second-order valence-corrected chi connectivity index (χ2v) is 4.24. The van der Waals surface area contributed by atoms with Gasteiger partial charge in [0.15, 0.2) is 10.8 Å². The summed E-state index contributed by atoms with van der Waals surface area (Å²) in [5.74, 6) is 0.826. The molecule has 1 aromatic carbocycles. The number of rotatable bonds is 2. The zero-order chi connectivity index (χ0) is 10.8. The number of furan rings is 1. The lowest BCUT2D eigenvalue weighted by atomic mass is 10.2. The minimum atomic E-state index is 0.826. The molecule has 0 unspecified atom stereocenters. The predicted molar refractivity (Wildman–Crippen MR) is 65.3 cm³/mol. The van der Waals surface area contributed by atoms with Crippen LogP contribution < -0.4 is 0 Å². The van der Waals surface area contributed by atoms with Gasteiger partial charge in [-0.1, -0.05) is 30.3 Å². The molecule has 78 valence electrons. The molecule has 0 spiro atoms. The molecule has 0 aliphatic carbocycles. The van der Waals surface area contributed by atoms with Crippen molar-refractivity contribution in [3.05, 3.63) is 54.1 Å². The summed E-state index contributed by atoms with van der Waals surface area (Å²) < 4.78 is 5.32. The molecule has 0 aliphatic rings. The van der Waals surface area contributed by atoms with Crippen LogP contribution in [0.1, 0.15) is 0 Å². The fourth-order valence-electron chi connectivity index (χ4n) is 1.53. The Labute approximate surface area is 97.2 Å². The van der Waals surface area contributed by atoms with Gasteiger partial charge in [0.2, 0.25) is 0 Å². The Balaban J connectivity index is 2.00. The van der Waals surface area contributed by atoms with E-state index in [1.165, 1.54) is 0 Å². The Bertz CT molecular complexity index is 569. The highest BCUT2D eigenvalue weighted by Crippen LogP contribution is 2.28. The summed E-state index contributed by atoms with van der Waals surface area (Å²) in [5.41, 5.74) is 2.13. The molecule has 2 aromatic heterocycles. The fourth-order valence-corrected chi connectivity index (χ4v) is 2.32. The molecule has 0 N–H and O–H groups in total. The van der Waals surface area contributed by atoms with Gasteiger partial charge >= 0.3 is 0 Å². The SMILES string of the molecule is c1ccc(-c2csc(-c3ccco3)n2)cc1. The van der Waals surface area contributed by atoms with E-state index in [2.05, 4.69) is 17.1 Å². The topological polar surface area (TPSA) is 26.0 Å². The Morgan fingerprint density at radius 3 is 2.62 bits per heavy atom. The molecular formula is C13H9NOS. The predicted octanol–water partition coefficient (Wildman–Crippen LogP) is 4.07. The second-order valence-electron chi connectivity index (χ2n) is 3.38. The van der Waals surface area contributed by atoms with Crippen LogP contribution in [-0.4, -0.2) is 4.98 Å². The normalized spacial score (nSPS) is 10.5. The Hall–Kier alpha value is -1.87. The van der Waals surface area contributed by atoms with Gasteiger partial charge in [0.25, 0.3) is 0 Å². The highest BCUT2D eigenvalue weighted by atomic mass is 32.1. The number of aromatic nitrogens is 1. The number of thiazole rings is 1. The van der Waals surface area contributed by atoms with Crippen LogP contribution in [0.15, 0.2) is 58.5 Å². The summed E-state index contributed by atoms with van der Waals surface area (Å²) in [5, 5.41) is 2.97. The largest absolute Gasteiger partial charge is 0.462 e. The van der Waals surface area contributed by atoms with Crippen molar-refractivity contribution in [1.29, 1.82) is 0 Å². The standard InChI is InChI=1S/C13H9NOS/c1-2-5-10(6-3-1)11-9-16-13(14-11)12-7-4-8-15-12/h1-9H. The Kier molecular flexibility index (Phi) is 2.31. The van der Waals surface area contributed by atoms with Crippen molar-refractivity contribution in [2.24, 2.45) is 0 Å². The van der Waals surface area contributed by atoms with Gasteiger partial charge in [-0.15, -0.1) is 11.3 Å². The lowest BCUT2D eigenvalue weighted by Crippen LogP contribution is -1.76. The Morgan fingerprint density at radius 1 is 1.00 bits per heavy atom. The van der Waals surface area contributed by atoms with E-state index in [0.717, 1.165) is 22.0 Å². The zero-order valence-electron chi connectivity index (χ0n) is 8.46. The molecule has 16 heavy (non-hydrogen) atoms. The van der Waals surface area contributed by atoms with Crippen LogP contribution in [0.2, 0.25) is 0 Å². The van der Waals surface area contributed by atoms with Crippen molar-refractivity contribution in [2.75, 3.05) is 0 Å². The molecule has 0 aliphatic heterocycles. The summed E-state index contributed by atoms with van der Waals surface area (Å²) in [6.07, 6.45) is 1.67. The van der Waals surface area contributed by atoms with Crippen LogP contribution in [0.4, 0.5) is 0 Å². The molecule has 0 saturated carbocycles. The molecule has 0 saturated heterocycles. The first-order valence-corrected chi connectivity index (χ1v) is 5.86. The maximum atomic E-state index is 5.32. The lowest BCUT2D eigenvalue weighted by molar-refractivity contribution is 0.582. The monoisotopic (exact) mass is 227 g/mol. The number of hydrogen-bond donors (Lipinski definition) is 0. The van der Waals surface area contributed by atoms with Crippen LogP contribution in [0.25, 0.3) is 22.0 Å². The van der Waals surface area contributed by atoms with Crippen molar-refractivity contribution in [1.82, 2.24) is 4.98 Å². The second kappa shape index (κ2) is 3.94. The van der Waals surface area contributed by atoms with Crippen molar-refractivity contribution in [3.63, 3.8) is 0 Å². The smallest absolute Gasteiger partial charge is 0.162 e. The van der Waals surface area contributed by atoms with E-state index >= 15 is 0 Å². The summed E-state index contributed by atoms with van der Waals surface area (Å²) in [6.45, 7) is 0. The quantitative estimate of drug-likeness (QED) is 0.659. The summed E-state index contributed by atoms with van der Waals surface area (Å²) in [4.78, 5) is 4.55. The van der Waals surface area contributed by atoms with E-state index in [4.69, 9.17) is 4.42 Å². The maximum Gasteiger partial charge on any atom is 0.162 e. The molecule has 0 fully saturated rings. The molecule has 3 rings (SSSR count). The van der Waals surface area contributed by atoms with Crippen LogP contribution in [0.3, 0.4) is 0 Å². The number of benzene rings is 1. The molecule has 3 aromatic rings. The first-order chi connectivity index (χ1) is 7.93. The van der Waals surface area contributed by atoms with Crippen molar-refractivity contribution in [2.45, 2.75) is 0 Å². The van der Waals surface area contributed by atoms with Gasteiger partial charge in [0.1, 0.15) is 0 Å². The summed E-state index contributed by atoms with van der Waals surface area (Å²) in [7, 11) is 0. The first-order valence-electron chi connectivity index (χ1n) is 4.98. The summed E-state index contributed by atoms with van der Waals surface area (Å²) >= 11 is 1.60. The van der Waals surface area contributed by atoms with Gasteiger partial charge in [0.05, 0.1) is 12.0 Å². The van der Waals surface area contributed by atoms with E-state index in [9.17, 15) is 0 Å².